The number of aliphatic hydroxyl groups excluding tert-OH is 1. The van der Waals surface area contributed by atoms with E-state index >= 15 is 0 Å². The molecule has 0 radical (unpaired) electrons. The molecule has 2 N–H and O–H groups in total. The minimum atomic E-state index is -4.58. The molecule has 0 aromatic carbocycles. The SMILES string of the molecule is CCCCCCCCCCCCC=CC[C@@H](O)[C@H](COP(=O)([O-])OCC[N+](C)(C)C)NC(=O)CCCCCCCCCCCCCCCCCCCCCCCCC. The van der Waals surface area contributed by atoms with Gasteiger partial charge < -0.3 is 28.8 Å². The number of amides is 1. The van der Waals surface area contributed by atoms with Crippen molar-refractivity contribution in [3.8, 4) is 0 Å². The third-order valence-electron chi connectivity index (χ3n) is 11.5. The van der Waals surface area contributed by atoms with Crippen LogP contribution in [0.4, 0.5) is 0 Å². The Hall–Kier alpha value is -0.760. The number of rotatable bonds is 46. The number of quaternary nitrogens is 1. The number of carbonyl (C=O) groups excluding carboxylic acids is 1. The summed E-state index contributed by atoms with van der Waals surface area (Å²) in [5, 5.41) is 13.9. The molecule has 1 amide bonds. The van der Waals surface area contributed by atoms with Crippen LogP contribution in [0.2, 0.25) is 0 Å². The van der Waals surface area contributed by atoms with Gasteiger partial charge in [-0.3, -0.25) is 9.36 Å². The number of nitrogens with zero attached hydrogens (tertiary/aromatic N) is 1. The van der Waals surface area contributed by atoms with E-state index in [-0.39, 0.29) is 19.1 Å². The molecular weight excluding hydrogens is 744 g/mol. The van der Waals surface area contributed by atoms with E-state index in [2.05, 4.69) is 25.2 Å². The summed E-state index contributed by atoms with van der Waals surface area (Å²) >= 11 is 0. The monoisotopic (exact) mass is 843 g/mol. The first-order valence-electron chi connectivity index (χ1n) is 25.0. The summed E-state index contributed by atoms with van der Waals surface area (Å²) in [5.74, 6) is -0.183. The molecule has 0 bridgehead atoms. The van der Waals surface area contributed by atoms with Gasteiger partial charge in [0.15, 0.2) is 0 Å². The number of unbranched alkanes of at least 4 members (excludes halogenated alkanes) is 32. The predicted molar refractivity (Wildman–Crippen MR) is 247 cm³/mol. The maximum Gasteiger partial charge on any atom is 0.268 e. The maximum atomic E-state index is 12.9. The van der Waals surface area contributed by atoms with Crippen molar-refractivity contribution in [3.05, 3.63) is 12.2 Å². The summed E-state index contributed by atoms with van der Waals surface area (Å²) in [6, 6.07) is -0.844. The fourth-order valence-corrected chi connectivity index (χ4v) is 8.22. The zero-order valence-corrected chi connectivity index (χ0v) is 40.2. The van der Waals surface area contributed by atoms with E-state index in [1.54, 1.807) is 0 Å². The van der Waals surface area contributed by atoms with Crippen LogP contribution in [0, 0.1) is 0 Å². The third kappa shape index (κ3) is 43.3. The second-order valence-corrected chi connectivity index (χ2v) is 19.9. The molecule has 0 rings (SSSR count). The molecule has 58 heavy (non-hydrogen) atoms. The lowest BCUT2D eigenvalue weighted by Gasteiger charge is -2.29. The first kappa shape index (κ1) is 57.2. The fourth-order valence-electron chi connectivity index (χ4n) is 7.50. The standard InChI is InChI=1S/C49H99N2O6P/c1-6-8-10-12-14-16-18-20-21-22-23-24-25-26-27-28-29-31-33-35-37-39-41-43-49(53)50-47(46-57-58(54,55)56-45-44-51(3,4)5)48(52)42-40-38-36-34-32-30-19-17-15-13-11-9-7-2/h38,40,47-48,52H,6-37,39,41-46H2,1-5H3,(H-,50,53,54,55)/t47-,48+/m0/s1. The summed E-state index contributed by atoms with van der Waals surface area (Å²) in [6.45, 7) is 4.69. The van der Waals surface area contributed by atoms with Crippen molar-refractivity contribution < 1.29 is 32.9 Å². The zero-order chi connectivity index (χ0) is 42.8. The van der Waals surface area contributed by atoms with Gasteiger partial charge in [0.05, 0.1) is 39.9 Å². The number of carbonyl (C=O) groups is 1. The molecule has 0 aromatic rings. The van der Waals surface area contributed by atoms with Crippen LogP contribution in [0.25, 0.3) is 0 Å². The van der Waals surface area contributed by atoms with Gasteiger partial charge in [-0.05, 0) is 25.7 Å². The molecule has 0 saturated carbocycles. The zero-order valence-electron chi connectivity index (χ0n) is 39.3. The smallest absolute Gasteiger partial charge is 0.268 e. The largest absolute Gasteiger partial charge is 0.756 e. The summed E-state index contributed by atoms with van der Waals surface area (Å²) in [6.07, 6.45) is 48.2. The van der Waals surface area contributed by atoms with E-state index in [4.69, 9.17) is 9.05 Å². The Kier molecular flexibility index (Phi) is 41.0. The van der Waals surface area contributed by atoms with Crippen LogP contribution in [0.5, 0.6) is 0 Å². The molecule has 0 heterocycles. The number of phosphoric acid groups is 1. The number of nitrogens with one attached hydrogen (secondary N) is 1. The second kappa shape index (κ2) is 41.6. The van der Waals surface area contributed by atoms with Crippen LogP contribution >= 0.6 is 7.82 Å². The highest BCUT2D eigenvalue weighted by molar-refractivity contribution is 7.45. The molecule has 1 unspecified atom stereocenters. The predicted octanol–water partition coefficient (Wildman–Crippen LogP) is 13.7. The van der Waals surface area contributed by atoms with Crippen molar-refractivity contribution >= 4 is 13.7 Å². The summed E-state index contributed by atoms with van der Waals surface area (Å²) < 4.78 is 23.3. The first-order chi connectivity index (χ1) is 28.0. The molecule has 0 aromatic heterocycles. The molecule has 9 heteroatoms. The highest BCUT2D eigenvalue weighted by Crippen LogP contribution is 2.38. The van der Waals surface area contributed by atoms with Crippen molar-refractivity contribution in [2.45, 2.75) is 257 Å². The lowest BCUT2D eigenvalue weighted by molar-refractivity contribution is -0.870. The summed E-state index contributed by atoms with van der Waals surface area (Å²) in [4.78, 5) is 25.4. The minimum absolute atomic E-state index is 0.00505. The van der Waals surface area contributed by atoms with Crippen LogP contribution in [-0.4, -0.2) is 68.5 Å². The van der Waals surface area contributed by atoms with Gasteiger partial charge >= 0.3 is 0 Å². The molecule has 8 nitrogen and oxygen atoms in total. The Morgan fingerprint density at radius 2 is 0.948 bits per heavy atom. The van der Waals surface area contributed by atoms with Crippen molar-refractivity contribution in [1.82, 2.24) is 5.32 Å². The fraction of sp³-hybridized carbons (Fsp3) is 0.939. The molecule has 3 atom stereocenters. The molecule has 0 saturated heterocycles. The third-order valence-corrected chi connectivity index (χ3v) is 12.5. The highest BCUT2D eigenvalue weighted by atomic mass is 31.2. The van der Waals surface area contributed by atoms with E-state index in [0.717, 1.165) is 32.1 Å². The van der Waals surface area contributed by atoms with E-state index < -0.39 is 20.0 Å². The number of phosphoric ester groups is 1. The normalized spacial score (nSPS) is 14.3. The van der Waals surface area contributed by atoms with Crippen molar-refractivity contribution in [2.75, 3.05) is 40.9 Å². The number of hydrogen-bond acceptors (Lipinski definition) is 6. The average molecular weight is 843 g/mol. The van der Waals surface area contributed by atoms with Crippen LogP contribution < -0.4 is 10.2 Å². The van der Waals surface area contributed by atoms with E-state index in [1.165, 1.54) is 186 Å². The van der Waals surface area contributed by atoms with Gasteiger partial charge in [0.25, 0.3) is 7.82 Å². The average Bonchev–Trinajstić information content (AvgIpc) is 3.17. The Morgan fingerprint density at radius 1 is 0.586 bits per heavy atom. The highest BCUT2D eigenvalue weighted by Gasteiger charge is 2.24. The molecule has 0 aliphatic carbocycles. The van der Waals surface area contributed by atoms with Crippen LogP contribution in [-0.2, 0) is 18.4 Å². The van der Waals surface area contributed by atoms with Gasteiger partial charge in [0, 0.05) is 6.42 Å². The van der Waals surface area contributed by atoms with Crippen LogP contribution in [0.1, 0.15) is 245 Å². The van der Waals surface area contributed by atoms with Gasteiger partial charge in [-0.25, -0.2) is 0 Å². The Labute approximate surface area is 361 Å². The van der Waals surface area contributed by atoms with Crippen molar-refractivity contribution in [2.24, 2.45) is 0 Å². The summed E-state index contributed by atoms with van der Waals surface area (Å²) in [5.41, 5.74) is 0. The van der Waals surface area contributed by atoms with Gasteiger partial charge in [-0.1, -0.05) is 225 Å². The number of aliphatic hydroxyl groups is 1. The molecule has 0 fully saturated rings. The quantitative estimate of drug-likeness (QED) is 0.0273. The van der Waals surface area contributed by atoms with Crippen LogP contribution in [0.3, 0.4) is 0 Å². The van der Waals surface area contributed by atoms with Gasteiger partial charge in [-0.15, -0.1) is 0 Å². The van der Waals surface area contributed by atoms with E-state index in [0.29, 0.717) is 23.9 Å². The molecular formula is C49H99N2O6P. The van der Waals surface area contributed by atoms with Gasteiger partial charge in [0.1, 0.15) is 13.2 Å². The number of hydrogen-bond donors (Lipinski definition) is 2. The topological polar surface area (TPSA) is 108 Å². The Bertz CT molecular complexity index is 958. The van der Waals surface area contributed by atoms with Gasteiger partial charge in [-0.2, -0.15) is 0 Å². The lowest BCUT2D eigenvalue weighted by atomic mass is 10.0. The van der Waals surface area contributed by atoms with Crippen LogP contribution in [0.15, 0.2) is 12.2 Å². The number of likely N-dealkylation sites (N-methyl/N-ethyl adjacent to an activating group) is 1. The lowest BCUT2D eigenvalue weighted by Crippen LogP contribution is -2.46. The molecule has 0 aliphatic heterocycles. The van der Waals surface area contributed by atoms with E-state index in [9.17, 15) is 19.4 Å². The number of allylic oxidation sites excluding steroid dienone is 1. The first-order valence-corrected chi connectivity index (χ1v) is 26.5. The Morgan fingerprint density at radius 3 is 1.33 bits per heavy atom. The van der Waals surface area contributed by atoms with Crippen molar-refractivity contribution in [1.29, 1.82) is 0 Å². The molecule has 0 spiro atoms. The minimum Gasteiger partial charge on any atom is -0.756 e. The Balaban J connectivity index is 4.20. The second-order valence-electron chi connectivity index (χ2n) is 18.5. The molecule has 0 aliphatic rings. The van der Waals surface area contributed by atoms with Gasteiger partial charge in [0.2, 0.25) is 5.91 Å². The molecule has 346 valence electrons. The van der Waals surface area contributed by atoms with E-state index in [1.807, 2.05) is 27.2 Å². The summed E-state index contributed by atoms with van der Waals surface area (Å²) in [7, 11) is 1.28. The van der Waals surface area contributed by atoms with Crippen molar-refractivity contribution in [3.63, 3.8) is 0 Å². The maximum absolute atomic E-state index is 12.9.